The minimum atomic E-state index is -0.775. The van der Waals surface area contributed by atoms with Crippen LogP contribution < -0.4 is 5.32 Å². The third kappa shape index (κ3) is 8.67. The molecule has 0 saturated carbocycles. The molecule has 0 bridgehead atoms. The van der Waals surface area contributed by atoms with Crippen LogP contribution in [0.3, 0.4) is 0 Å². The summed E-state index contributed by atoms with van der Waals surface area (Å²) in [6, 6.07) is 13.3. The molecule has 2 aromatic rings. The van der Waals surface area contributed by atoms with Crippen molar-refractivity contribution in [3.63, 3.8) is 0 Å². The fourth-order valence-corrected chi connectivity index (χ4v) is 4.33. The van der Waals surface area contributed by atoms with E-state index < -0.39 is 29.6 Å². The molecule has 1 aliphatic rings. The Hall–Kier alpha value is -2.35. The van der Waals surface area contributed by atoms with Crippen molar-refractivity contribution in [2.24, 2.45) is 5.92 Å². The summed E-state index contributed by atoms with van der Waals surface area (Å²) in [6.45, 7) is 12.8. The first-order valence-electron chi connectivity index (χ1n) is 12.5. The van der Waals surface area contributed by atoms with E-state index >= 15 is 0 Å². The molecule has 0 aliphatic carbocycles. The van der Waals surface area contributed by atoms with Gasteiger partial charge in [0.2, 0.25) is 0 Å². The van der Waals surface area contributed by atoms with Crippen molar-refractivity contribution in [2.45, 2.75) is 97.0 Å². The van der Waals surface area contributed by atoms with Gasteiger partial charge >= 0.3 is 6.09 Å². The summed E-state index contributed by atoms with van der Waals surface area (Å²) in [6.07, 6.45) is 3.35. The molecule has 1 fully saturated rings. The standard InChI is InChI=1S/C28H41NO6/c1-20(13-10-11-17-31-19-21-14-8-7-9-15-21)24-25(34-28(5,6)33-24)23(22-16-12-18-32-22)29-26(30)35-27(2,3)4/h7-9,12,14-16,18,20,23-25H,10-11,13,17,19H2,1-6H3,(H,29,30)/t20-,23-,24-,25-/m0/s1. The van der Waals surface area contributed by atoms with E-state index in [1.165, 1.54) is 5.56 Å². The summed E-state index contributed by atoms with van der Waals surface area (Å²) in [4.78, 5) is 12.6. The number of carbonyl (C=O) groups is 1. The molecule has 7 nitrogen and oxygen atoms in total. The molecule has 1 N–H and O–H groups in total. The lowest BCUT2D eigenvalue weighted by Gasteiger charge is -2.30. The van der Waals surface area contributed by atoms with E-state index in [1.54, 1.807) is 12.3 Å². The van der Waals surface area contributed by atoms with Gasteiger partial charge < -0.3 is 28.7 Å². The molecule has 194 valence electrons. The van der Waals surface area contributed by atoms with Crippen LogP contribution in [0, 0.1) is 5.92 Å². The topological polar surface area (TPSA) is 79.2 Å². The minimum absolute atomic E-state index is 0.203. The van der Waals surface area contributed by atoms with Gasteiger partial charge in [0.25, 0.3) is 0 Å². The van der Waals surface area contributed by atoms with Crippen molar-refractivity contribution >= 4 is 6.09 Å². The summed E-state index contributed by atoms with van der Waals surface area (Å²) in [5.74, 6) is 0.0329. The Kier molecular flexibility index (Phi) is 9.39. The van der Waals surface area contributed by atoms with Crippen LogP contribution in [0.5, 0.6) is 0 Å². The van der Waals surface area contributed by atoms with Crippen LogP contribution in [-0.4, -0.2) is 36.3 Å². The van der Waals surface area contributed by atoms with Gasteiger partial charge in [0.1, 0.15) is 23.5 Å². The summed E-state index contributed by atoms with van der Waals surface area (Å²) >= 11 is 0. The van der Waals surface area contributed by atoms with Crippen molar-refractivity contribution in [1.82, 2.24) is 5.32 Å². The normalized spacial score (nSPS) is 21.4. The number of ether oxygens (including phenoxy) is 4. The highest BCUT2D eigenvalue weighted by Crippen LogP contribution is 2.40. The monoisotopic (exact) mass is 487 g/mol. The Labute approximate surface area is 209 Å². The van der Waals surface area contributed by atoms with Crippen LogP contribution in [0.25, 0.3) is 0 Å². The average molecular weight is 488 g/mol. The molecular formula is C28H41NO6. The molecule has 2 heterocycles. The number of rotatable bonds is 11. The van der Waals surface area contributed by atoms with E-state index in [2.05, 4.69) is 24.4 Å². The molecule has 7 heteroatoms. The Morgan fingerprint density at radius 1 is 1.06 bits per heavy atom. The van der Waals surface area contributed by atoms with E-state index in [4.69, 9.17) is 23.4 Å². The molecule has 0 spiro atoms. The largest absolute Gasteiger partial charge is 0.467 e. The molecular weight excluding hydrogens is 446 g/mol. The lowest BCUT2D eigenvalue weighted by Crippen LogP contribution is -2.44. The SMILES string of the molecule is C[C@@H](CCCCOCc1ccccc1)[C@@H]1OC(C)(C)O[C@H]1[C@@H](NC(=O)OC(C)(C)C)c1ccco1. The van der Waals surface area contributed by atoms with Gasteiger partial charge in [0.05, 0.1) is 19.0 Å². The zero-order valence-corrected chi connectivity index (χ0v) is 21.9. The zero-order chi connectivity index (χ0) is 25.5. The number of furan rings is 1. The molecule has 0 radical (unpaired) electrons. The molecule has 35 heavy (non-hydrogen) atoms. The van der Waals surface area contributed by atoms with Crippen LogP contribution in [0.2, 0.25) is 0 Å². The maximum atomic E-state index is 12.6. The Balaban J connectivity index is 1.58. The quantitative estimate of drug-likeness (QED) is 0.370. The minimum Gasteiger partial charge on any atom is -0.467 e. The highest BCUT2D eigenvalue weighted by Gasteiger charge is 2.49. The number of unbranched alkanes of at least 4 members (excludes halogenated alkanes) is 1. The van der Waals surface area contributed by atoms with E-state index in [0.717, 1.165) is 19.3 Å². The van der Waals surface area contributed by atoms with Crippen LogP contribution in [0.4, 0.5) is 4.79 Å². The lowest BCUT2D eigenvalue weighted by atomic mass is 9.90. The number of nitrogens with one attached hydrogen (secondary N) is 1. The van der Waals surface area contributed by atoms with Crippen LogP contribution in [0.15, 0.2) is 53.1 Å². The maximum absolute atomic E-state index is 12.6. The highest BCUT2D eigenvalue weighted by atomic mass is 16.8. The number of benzene rings is 1. The predicted octanol–water partition coefficient (Wildman–Crippen LogP) is 6.39. The smallest absolute Gasteiger partial charge is 0.408 e. The van der Waals surface area contributed by atoms with E-state index in [0.29, 0.717) is 19.0 Å². The van der Waals surface area contributed by atoms with Gasteiger partial charge in [-0.25, -0.2) is 4.79 Å². The molecule has 1 aromatic carbocycles. The third-order valence-corrected chi connectivity index (χ3v) is 5.88. The Morgan fingerprint density at radius 3 is 2.43 bits per heavy atom. The second kappa shape index (κ2) is 12.1. The molecule has 3 rings (SSSR count). The zero-order valence-electron chi connectivity index (χ0n) is 21.9. The first-order chi connectivity index (χ1) is 16.5. The summed E-state index contributed by atoms with van der Waals surface area (Å²) in [5, 5.41) is 2.96. The van der Waals surface area contributed by atoms with Gasteiger partial charge in [0, 0.05) is 6.61 Å². The average Bonchev–Trinajstić information content (AvgIpc) is 3.41. The van der Waals surface area contributed by atoms with Gasteiger partial charge in [-0.2, -0.15) is 0 Å². The fourth-order valence-electron chi connectivity index (χ4n) is 4.33. The van der Waals surface area contributed by atoms with Gasteiger partial charge in [-0.3, -0.25) is 0 Å². The van der Waals surface area contributed by atoms with Crippen molar-refractivity contribution in [3.05, 3.63) is 60.1 Å². The van der Waals surface area contributed by atoms with E-state index in [-0.39, 0.29) is 12.0 Å². The maximum Gasteiger partial charge on any atom is 0.408 e. The van der Waals surface area contributed by atoms with Crippen molar-refractivity contribution in [2.75, 3.05) is 6.61 Å². The number of hydrogen-bond donors (Lipinski definition) is 1. The van der Waals surface area contributed by atoms with Crippen LogP contribution in [0.1, 0.15) is 78.2 Å². The van der Waals surface area contributed by atoms with E-state index in [1.807, 2.05) is 58.9 Å². The highest BCUT2D eigenvalue weighted by molar-refractivity contribution is 5.68. The molecule has 0 unspecified atom stereocenters. The van der Waals surface area contributed by atoms with Gasteiger partial charge in [-0.1, -0.05) is 43.7 Å². The summed E-state index contributed by atoms with van der Waals surface area (Å²) in [5.41, 5.74) is 0.572. The first-order valence-corrected chi connectivity index (χ1v) is 12.5. The molecule has 4 atom stereocenters. The number of hydrogen-bond acceptors (Lipinski definition) is 6. The van der Waals surface area contributed by atoms with Crippen LogP contribution >= 0.6 is 0 Å². The first kappa shape index (κ1) is 27.2. The van der Waals surface area contributed by atoms with E-state index in [9.17, 15) is 4.79 Å². The fraction of sp³-hybridized carbons (Fsp3) is 0.607. The van der Waals surface area contributed by atoms with Gasteiger partial charge in [-0.05, 0) is 71.1 Å². The second-order valence-corrected chi connectivity index (χ2v) is 10.7. The number of amides is 1. The predicted molar refractivity (Wildman–Crippen MR) is 134 cm³/mol. The van der Waals surface area contributed by atoms with Crippen molar-refractivity contribution in [3.8, 4) is 0 Å². The number of carbonyl (C=O) groups excluding carboxylic acids is 1. The van der Waals surface area contributed by atoms with Gasteiger partial charge in [0.15, 0.2) is 5.79 Å². The lowest BCUT2D eigenvalue weighted by molar-refractivity contribution is -0.152. The van der Waals surface area contributed by atoms with Gasteiger partial charge in [-0.15, -0.1) is 0 Å². The third-order valence-electron chi connectivity index (χ3n) is 5.88. The Bertz CT molecular complexity index is 890. The van der Waals surface area contributed by atoms with Crippen LogP contribution in [-0.2, 0) is 25.6 Å². The van der Waals surface area contributed by atoms with Crippen molar-refractivity contribution in [1.29, 1.82) is 0 Å². The molecule has 1 aromatic heterocycles. The summed E-state index contributed by atoms with van der Waals surface area (Å²) < 4.78 is 29.7. The molecule has 1 saturated heterocycles. The summed E-state index contributed by atoms with van der Waals surface area (Å²) in [7, 11) is 0. The van der Waals surface area contributed by atoms with Crippen molar-refractivity contribution < 1.29 is 28.2 Å². The second-order valence-electron chi connectivity index (χ2n) is 10.7. The molecule has 1 aliphatic heterocycles. The Morgan fingerprint density at radius 2 is 1.77 bits per heavy atom. The molecule has 1 amide bonds. The number of alkyl carbamates (subject to hydrolysis) is 1.